The molecule has 1 aliphatic carbocycles. The lowest BCUT2D eigenvalue weighted by molar-refractivity contribution is -0.147. The van der Waals surface area contributed by atoms with Crippen LogP contribution in [-0.2, 0) is 19.1 Å². The summed E-state index contributed by atoms with van der Waals surface area (Å²) in [6, 6.07) is -0.908. The third-order valence-corrected chi connectivity index (χ3v) is 3.47. The van der Waals surface area contributed by atoms with Gasteiger partial charge in [0.1, 0.15) is 17.4 Å². The molecule has 0 N–H and O–H groups in total. The lowest BCUT2D eigenvalue weighted by Gasteiger charge is -2.37. The number of hydrogen-bond donors (Lipinski definition) is 0. The molecule has 0 spiro atoms. The van der Waals surface area contributed by atoms with Crippen LogP contribution in [0.25, 0.3) is 0 Å². The Hall–Kier alpha value is -1.59. The maximum atomic E-state index is 12.4. The summed E-state index contributed by atoms with van der Waals surface area (Å²) >= 11 is 0. The van der Waals surface area contributed by atoms with Gasteiger partial charge in [-0.25, -0.2) is 9.59 Å². The van der Waals surface area contributed by atoms with Crippen LogP contribution in [0.3, 0.4) is 0 Å². The molecule has 0 radical (unpaired) electrons. The van der Waals surface area contributed by atoms with Crippen molar-refractivity contribution in [3.8, 4) is 0 Å². The van der Waals surface area contributed by atoms with Gasteiger partial charge in [0, 0.05) is 18.9 Å². The highest BCUT2D eigenvalue weighted by Crippen LogP contribution is 2.25. The van der Waals surface area contributed by atoms with Crippen molar-refractivity contribution in [1.29, 1.82) is 0 Å². The maximum absolute atomic E-state index is 12.4. The minimum absolute atomic E-state index is 0.174. The third kappa shape index (κ3) is 5.02. The van der Waals surface area contributed by atoms with Gasteiger partial charge in [-0.3, -0.25) is 9.69 Å². The van der Waals surface area contributed by atoms with Crippen LogP contribution in [0.4, 0.5) is 4.79 Å². The minimum atomic E-state index is -0.733. The summed E-state index contributed by atoms with van der Waals surface area (Å²) < 4.78 is 10.1. The number of Topliss-reactive ketones (excluding diaryl/α,β-unsaturated/α-hetero) is 1. The topological polar surface area (TPSA) is 72.9 Å². The molecule has 0 aliphatic heterocycles. The van der Waals surface area contributed by atoms with Gasteiger partial charge in [-0.2, -0.15) is 0 Å². The van der Waals surface area contributed by atoms with E-state index in [0.717, 1.165) is 0 Å². The standard InChI is InChI=1S/C15H25NO5/c1-10(13(18)20-5)16(14(19)21-15(2,3)4)11-6-8-12(17)9-7-11/h10-11H,6-9H2,1-5H3/t10-/m0/s1. The fourth-order valence-electron chi connectivity index (χ4n) is 2.42. The number of nitrogens with zero attached hydrogens (tertiary/aromatic N) is 1. The molecule has 6 nitrogen and oxygen atoms in total. The molecule has 0 aromatic rings. The Kier molecular flexibility index (Phi) is 5.75. The van der Waals surface area contributed by atoms with Gasteiger partial charge >= 0.3 is 12.1 Å². The second kappa shape index (κ2) is 6.91. The van der Waals surface area contributed by atoms with E-state index in [2.05, 4.69) is 0 Å². The average molecular weight is 299 g/mol. The van der Waals surface area contributed by atoms with Crippen molar-refractivity contribution in [1.82, 2.24) is 4.90 Å². The number of ether oxygens (including phenoxy) is 2. The van der Waals surface area contributed by atoms with E-state index in [0.29, 0.717) is 25.7 Å². The highest BCUT2D eigenvalue weighted by molar-refractivity contribution is 5.82. The van der Waals surface area contributed by atoms with Crippen molar-refractivity contribution in [3.05, 3.63) is 0 Å². The van der Waals surface area contributed by atoms with Crippen LogP contribution in [0.5, 0.6) is 0 Å². The number of hydrogen-bond acceptors (Lipinski definition) is 5. The van der Waals surface area contributed by atoms with E-state index >= 15 is 0 Å². The first-order valence-electron chi connectivity index (χ1n) is 7.26. The van der Waals surface area contributed by atoms with Crippen LogP contribution in [0.1, 0.15) is 53.4 Å². The second-order valence-electron chi connectivity index (χ2n) is 6.36. The highest BCUT2D eigenvalue weighted by Gasteiger charge is 2.37. The Morgan fingerprint density at radius 1 is 1.24 bits per heavy atom. The normalized spacial score (nSPS) is 18.0. The SMILES string of the molecule is COC(=O)[C@H](C)N(C(=O)OC(C)(C)C)C1CCC(=O)CC1. The Labute approximate surface area is 125 Å². The van der Waals surface area contributed by atoms with Crippen LogP contribution in [0.15, 0.2) is 0 Å². The molecule has 0 unspecified atom stereocenters. The first-order chi connectivity index (χ1) is 9.65. The molecule has 0 heterocycles. The summed E-state index contributed by atoms with van der Waals surface area (Å²) in [4.78, 5) is 37.0. The van der Waals surface area contributed by atoms with E-state index in [9.17, 15) is 14.4 Å². The zero-order valence-electron chi connectivity index (χ0n) is 13.5. The molecule has 1 amide bonds. The molecule has 0 bridgehead atoms. The van der Waals surface area contributed by atoms with Gasteiger partial charge < -0.3 is 9.47 Å². The fourth-order valence-corrected chi connectivity index (χ4v) is 2.42. The summed E-state index contributed by atoms with van der Waals surface area (Å²) in [5, 5.41) is 0. The van der Waals surface area contributed by atoms with E-state index in [1.165, 1.54) is 12.0 Å². The Balaban J connectivity index is 2.91. The molecular formula is C15H25NO5. The Morgan fingerprint density at radius 3 is 2.19 bits per heavy atom. The minimum Gasteiger partial charge on any atom is -0.467 e. The van der Waals surface area contributed by atoms with Crippen molar-refractivity contribution >= 4 is 17.8 Å². The summed E-state index contributed by atoms with van der Waals surface area (Å²) in [7, 11) is 1.29. The highest BCUT2D eigenvalue weighted by atomic mass is 16.6. The number of esters is 1. The van der Waals surface area contributed by atoms with Crippen molar-refractivity contribution < 1.29 is 23.9 Å². The van der Waals surface area contributed by atoms with Gasteiger partial charge in [0.05, 0.1) is 7.11 Å². The molecule has 1 aliphatic rings. The molecule has 21 heavy (non-hydrogen) atoms. The molecule has 0 aromatic heterocycles. The molecule has 0 aromatic carbocycles. The average Bonchev–Trinajstić information content (AvgIpc) is 2.38. The van der Waals surface area contributed by atoms with Crippen molar-refractivity contribution in [2.24, 2.45) is 0 Å². The largest absolute Gasteiger partial charge is 0.467 e. The van der Waals surface area contributed by atoms with Gasteiger partial charge in [0.2, 0.25) is 0 Å². The number of carbonyl (C=O) groups excluding carboxylic acids is 3. The Morgan fingerprint density at radius 2 is 1.76 bits per heavy atom. The molecular weight excluding hydrogens is 274 g/mol. The predicted octanol–water partition coefficient (Wildman–Crippen LogP) is 2.30. The lowest BCUT2D eigenvalue weighted by Crippen LogP contribution is -2.52. The monoisotopic (exact) mass is 299 g/mol. The molecule has 120 valence electrons. The van der Waals surface area contributed by atoms with Crippen molar-refractivity contribution in [2.45, 2.75) is 71.1 Å². The van der Waals surface area contributed by atoms with Crippen molar-refractivity contribution in [2.75, 3.05) is 7.11 Å². The van der Waals surface area contributed by atoms with Gasteiger partial charge in [-0.05, 0) is 40.5 Å². The number of rotatable bonds is 3. The summed E-state index contributed by atoms with van der Waals surface area (Å²) in [5.74, 6) is -0.293. The Bertz CT molecular complexity index is 403. The molecule has 0 saturated heterocycles. The van der Waals surface area contributed by atoms with Crippen molar-refractivity contribution in [3.63, 3.8) is 0 Å². The van der Waals surface area contributed by atoms with E-state index < -0.39 is 23.7 Å². The predicted molar refractivity (Wildman–Crippen MR) is 76.8 cm³/mol. The molecule has 1 atom stereocenters. The number of methoxy groups -OCH3 is 1. The lowest BCUT2D eigenvalue weighted by atomic mass is 9.92. The van der Waals surface area contributed by atoms with Gasteiger partial charge in [-0.1, -0.05) is 0 Å². The van der Waals surface area contributed by atoms with E-state index in [-0.39, 0.29) is 11.8 Å². The summed E-state index contributed by atoms with van der Waals surface area (Å²) in [5.41, 5.74) is -0.643. The first kappa shape index (κ1) is 17.5. The van der Waals surface area contributed by atoms with Crippen LogP contribution in [0.2, 0.25) is 0 Å². The zero-order chi connectivity index (χ0) is 16.2. The van der Waals surface area contributed by atoms with Crippen LogP contribution >= 0.6 is 0 Å². The van der Waals surface area contributed by atoms with Crippen LogP contribution in [0, 0.1) is 0 Å². The summed E-state index contributed by atoms with van der Waals surface area (Å²) in [6.45, 7) is 6.94. The fraction of sp³-hybridized carbons (Fsp3) is 0.800. The molecule has 1 fully saturated rings. The van der Waals surface area contributed by atoms with Gasteiger partial charge in [0.15, 0.2) is 0 Å². The first-order valence-corrected chi connectivity index (χ1v) is 7.26. The second-order valence-corrected chi connectivity index (χ2v) is 6.36. The molecule has 1 saturated carbocycles. The smallest absolute Gasteiger partial charge is 0.411 e. The number of ketones is 1. The van der Waals surface area contributed by atoms with Crippen LogP contribution < -0.4 is 0 Å². The zero-order valence-corrected chi connectivity index (χ0v) is 13.5. The molecule has 1 rings (SSSR count). The van der Waals surface area contributed by atoms with E-state index in [4.69, 9.17) is 9.47 Å². The number of amides is 1. The number of carbonyl (C=O) groups is 3. The van der Waals surface area contributed by atoms with Gasteiger partial charge in [0.25, 0.3) is 0 Å². The quantitative estimate of drug-likeness (QED) is 0.748. The van der Waals surface area contributed by atoms with E-state index in [1.807, 2.05) is 0 Å². The van der Waals surface area contributed by atoms with E-state index in [1.54, 1.807) is 27.7 Å². The van der Waals surface area contributed by atoms with Crippen LogP contribution in [-0.4, -0.2) is 47.5 Å². The maximum Gasteiger partial charge on any atom is 0.411 e. The third-order valence-electron chi connectivity index (χ3n) is 3.47. The summed E-state index contributed by atoms with van der Waals surface area (Å²) in [6.07, 6.45) is 1.42. The van der Waals surface area contributed by atoms with Gasteiger partial charge in [-0.15, -0.1) is 0 Å². The molecule has 6 heteroatoms.